The molecule has 21 heavy (non-hydrogen) atoms. The number of benzene rings is 1. The maximum Gasteiger partial charge on any atom is 0.262 e. The molecule has 1 aromatic carbocycles. The van der Waals surface area contributed by atoms with E-state index in [1.54, 1.807) is 12.3 Å². The number of aromatic nitrogens is 1. The number of amides is 1. The van der Waals surface area contributed by atoms with Crippen LogP contribution in [0.25, 0.3) is 0 Å². The van der Waals surface area contributed by atoms with Crippen molar-refractivity contribution in [3.63, 3.8) is 0 Å². The summed E-state index contributed by atoms with van der Waals surface area (Å²) in [6.45, 7) is 0.612. The summed E-state index contributed by atoms with van der Waals surface area (Å²) in [7, 11) is 0. The van der Waals surface area contributed by atoms with E-state index < -0.39 is 3.23 Å². The number of ether oxygens (including phenoxy) is 1. The molecular formula is C15H12Br2N2O2. The van der Waals surface area contributed by atoms with Gasteiger partial charge >= 0.3 is 0 Å². The average Bonchev–Trinajstić information content (AvgIpc) is 2.70. The van der Waals surface area contributed by atoms with E-state index in [0.717, 1.165) is 11.1 Å². The van der Waals surface area contributed by atoms with Crippen LogP contribution in [0.4, 0.5) is 5.82 Å². The topological polar surface area (TPSA) is 42.4 Å². The maximum absolute atomic E-state index is 12.4. The Bertz CT molecular complexity index is 662. The fraction of sp³-hybridized carbons (Fsp3) is 0.200. The zero-order valence-corrected chi connectivity index (χ0v) is 14.2. The molecule has 2 aromatic rings. The molecule has 0 unspecified atom stereocenters. The van der Waals surface area contributed by atoms with Gasteiger partial charge in [0.25, 0.3) is 5.91 Å². The summed E-state index contributed by atoms with van der Waals surface area (Å²) in [5.41, 5.74) is 1.85. The zero-order chi connectivity index (χ0) is 14.9. The van der Waals surface area contributed by atoms with Crippen LogP contribution in [0.5, 0.6) is 0 Å². The number of nitrogens with zero attached hydrogens (tertiary/aromatic N) is 2. The van der Waals surface area contributed by atoms with Crippen molar-refractivity contribution in [3.05, 3.63) is 59.8 Å². The Morgan fingerprint density at radius 2 is 1.90 bits per heavy atom. The number of fused-ring (bicyclic) bond motifs is 1. The minimum atomic E-state index is -0.917. The van der Waals surface area contributed by atoms with Gasteiger partial charge in [-0.05, 0) is 11.6 Å². The van der Waals surface area contributed by atoms with Gasteiger partial charge in [0, 0.05) is 11.8 Å². The summed E-state index contributed by atoms with van der Waals surface area (Å²) in [4.78, 5) is 18.2. The highest BCUT2D eigenvalue weighted by Gasteiger charge is 2.48. The van der Waals surface area contributed by atoms with Crippen LogP contribution in [-0.4, -0.2) is 17.6 Å². The Hall–Kier alpha value is -1.24. The first-order valence-corrected chi connectivity index (χ1v) is 7.96. The van der Waals surface area contributed by atoms with Crippen LogP contribution in [0.15, 0.2) is 48.7 Å². The van der Waals surface area contributed by atoms with Crippen molar-refractivity contribution in [2.75, 3.05) is 11.6 Å². The van der Waals surface area contributed by atoms with E-state index >= 15 is 0 Å². The summed E-state index contributed by atoms with van der Waals surface area (Å²) in [5, 5.41) is 0. The zero-order valence-electron chi connectivity index (χ0n) is 11.0. The lowest BCUT2D eigenvalue weighted by Gasteiger charge is -2.17. The third kappa shape index (κ3) is 2.75. The van der Waals surface area contributed by atoms with Crippen LogP contribution in [0, 0.1) is 0 Å². The minimum Gasteiger partial charge on any atom is -0.356 e. The molecule has 1 aliphatic rings. The molecule has 6 heteroatoms. The van der Waals surface area contributed by atoms with Crippen LogP contribution in [0.1, 0.15) is 11.1 Å². The second-order valence-electron chi connectivity index (χ2n) is 4.65. The molecule has 0 N–H and O–H groups in total. The van der Waals surface area contributed by atoms with E-state index in [1.807, 2.05) is 36.4 Å². The number of pyridine rings is 1. The average molecular weight is 412 g/mol. The normalized spacial score (nSPS) is 16.1. The van der Waals surface area contributed by atoms with Gasteiger partial charge in [0.2, 0.25) is 0 Å². The van der Waals surface area contributed by atoms with E-state index in [0.29, 0.717) is 12.4 Å². The molecule has 1 aromatic heterocycles. The number of anilines is 1. The number of rotatable bonds is 4. The van der Waals surface area contributed by atoms with E-state index in [4.69, 9.17) is 4.74 Å². The molecule has 0 fully saturated rings. The van der Waals surface area contributed by atoms with Crippen molar-refractivity contribution in [3.8, 4) is 0 Å². The first kappa shape index (κ1) is 14.7. The Balaban J connectivity index is 1.73. The van der Waals surface area contributed by atoms with Gasteiger partial charge in [-0.3, -0.25) is 9.69 Å². The largest absolute Gasteiger partial charge is 0.356 e. The van der Waals surface area contributed by atoms with Crippen LogP contribution < -0.4 is 4.90 Å². The number of carbonyl (C=O) groups is 1. The second kappa shape index (κ2) is 5.87. The van der Waals surface area contributed by atoms with Crippen molar-refractivity contribution < 1.29 is 9.53 Å². The first-order valence-electron chi connectivity index (χ1n) is 6.37. The molecule has 4 nitrogen and oxygen atoms in total. The van der Waals surface area contributed by atoms with E-state index in [1.165, 1.54) is 4.90 Å². The van der Waals surface area contributed by atoms with Gasteiger partial charge in [0.15, 0.2) is 3.23 Å². The highest BCUT2D eigenvalue weighted by molar-refractivity contribution is 9.25. The van der Waals surface area contributed by atoms with Crippen molar-refractivity contribution in [2.45, 2.75) is 9.84 Å². The van der Waals surface area contributed by atoms with Gasteiger partial charge < -0.3 is 4.74 Å². The van der Waals surface area contributed by atoms with Crippen molar-refractivity contribution in [1.29, 1.82) is 0 Å². The number of halogens is 2. The van der Waals surface area contributed by atoms with Crippen molar-refractivity contribution >= 4 is 43.6 Å². The molecule has 1 aliphatic heterocycles. The van der Waals surface area contributed by atoms with Crippen molar-refractivity contribution in [1.82, 2.24) is 4.98 Å². The van der Waals surface area contributed by atoms with Gasteiger partial charge in [-0.15, -0.1) is 0 Å². The minimum absolute atomic E-state index is 0.135. The van der Waals surface area contributed by atoms with Crippen molar-refractivity contribution in [2.24, 2.45) is 0 Å². The number of carbonyl (C=O) groups excluding carboxylic acids is 1. The third-order valence-electron chi connectivity index (χ3n) is 3.23. The van der Waals surface area contributed by atoms with Gasteiger partial charge in [-0.2, -0.15) is 0 Å². The van der Waals surface area contributed by atoms with E-state index in [2.05, 4.69) is 36.8 Å². The molecule has 1 amide bonds. The summed E-state index contributed by atoms with van der Waals surface area (Å²) < 4.78 is 4.73. The molecule has 0 aliphatic carbocycles. The van der Waals surface area contributed by atoms with Gasteiger partial charge in [0.05, 0.1) is 6.61 Å². The lowest BCUT2D eigenvalue weighted by Crippen LogP contribution is -2.34. The fourth-order valence-corrected chi connectivity index (χ4v) is 3.23. The first-order chi connectivity index (χ1) is 10.1. The van der Waals surface area contributed by atoms with Crippen LogP contribution >= 0.6 is 31.9 Å². The molecule has 108 valence electrons. The Labute approximate surface area is 139 Å². The second-order valence-corrected chi connectivity index (χ2v) is 8.09. The lowest BCUT2D eigenvalue weighted by molar-refractivity contribution is -0.119. The SMILES string of the molecule is O=C1N(COCc2ccccc2)c2ncccc2C1(Br)Br. The van der Waals surface area contributed by atoms with E-state index in [9.17, 15) is 4.79 Å². The Morgan fingerprint density at radius 3 is 2.67 bits per heavy atom. The standard InChI is InChI=1S/C15H12Br2N2O2/c16-15(17)12-7-4-8-18-13(12)19(14(15)20)10-21-9-11-5-2-1-3-6-11/h1-8H,9-10H2. The number of hydrogen-bond acceptors (Lipinski definition) is 3. The number of alkyl halides is 2. The Morgan fingerprint density at radius 1 is 1.14 bits per heavy atom. The van der Waals surface area contributed by atoms with Gasteiger partial charge in [0.1, 0.15) is 12.5 Å². The highest BCUT2D eigenvalue weighted by Crippen LogP contribution is 2.49. The maximum atomic E-state index is 12.4. The van der Waals surface area contributed by atoms with Crippen LogP contribution in [-0.2, 0) is 19.4 Å². The summed E-state index contributed by atoms with van der Waals surface area (Å²) in [6, 6.07) is 13.5. The van der Waals surface area contributed by atoms with E-state index in [-0.39, 0.29) is 12.6 Å². The molecule has 0 bridgehead atoms. The van der Waals surface area contributed by atoms with Crippen LogP contribution in [0.3, 0.4) is 0 Å². The fourth-order valence-electron chi connectivity index (χ4n) is 2.19. The monoisotopic (exact) mass is 410 g/mol. The molecule has 0 spiro atoms. The molecule has 0 saturated heterocycles. The predicted molar refractivity (Wildman–Crippen MR) is 87.4 cm³/mol. The van der Waals surface area contributed by atoms with Crippen LogP contribution in [0.2, 0.25) is 0 Å². The number of hydrogen-bond donors (Lipinski definition) is 0. The predicted octanol–water partition coefficient (Wildman–Crippen LogP) is 3.55. The summed E-state index contributed by atoms with van der Waals surface area (Å²) in [6.07, 6.45) is 1.66. The molecule has 0 radical (unpaired) electrons. The summed E-state index contributed by atoms with van der Waals surface area (Å²) in [5.74, 6) is 0.480. The molecule has 2 heterocycles. The Kier molecular flexibility index (Phi) is 4.10. The smallest absolute Gasteiger partial charge is 0.262 e. The molecule has 0 saturated carbocycles. The van der Waals surface area contributed by atoms with Gasteiger partial charge in [-0.25, -0.2) is 4.98 Å². The molecule has 3 rings (SSSR count). The quantitative estimate of drug-likeness (QED) is 0.722. The summed E-state index contributed by atoms with van der Waals surface area (Å²) >= 11 is 6.83. The molecule has 0 atom stereocenters. The molecular weight excluding hydrogens is 400 g/mol. The van der Waals surface area contributed by atoms with Gasteiger partial charge in [-0.1, -0.05) is 68.3 Å². The third-order valence-corrected chi connectivity index (χ3v) is 4.76. The highest BCUT2D eigenvalue weighted by atomic mass is 79.9. The lowest BCUT2D eigenvalue weighted by atomic mass is 10.2.